The number of benzene rings is 1. The average molecular weight is 286 g/mol. The zero-order valence-corrected chi connectivity index (χ0v) is 11.9. The third-order valence-electron chi connectivity index (χ3n) is 2.88. The van der Waals surface area contributed by atoms with Gasteiger partial charge in [0.05, 0.1) is 18.2 Å². The summed E-state index contributed by atoms with van der Waals surface area (Å²) in [5.74, 6) is 2.28. The van der Waals surface area contributed by atoms with Gasteiger partial charge in [-0.05, 0) is 37.3 Å². The van der Waals surface area contributed by atoms with Gasteiger partial charge in [0.25, 0.3) is 0 Å². The summed E-state index contributed by atoms with van der Waals surface area (Å²) in [4.78, 5) is 0. The standard InChI is InChI=1S/C16H18N2O3/c1-12-5-6-16(21-12)10-18-9-14(19)11-20-15-4-2-3-13(7-15)8-17/h2-7,14,18-19H,9-11H2,1H3. The van der Waals surface area contributed by atoms with E-state index in [-0.39, 0.29) is 6.61 Å². The number of nitriles is 1. The van der Waals surface area contributed by atoms with Gasteiger partial charge in [0.1, 0.15) is 30.0 Å². The molecule has 2 rings (SSSR count). The summed E-state index contributed by atoms with van der Waals surface area (Å²) in [5, 5.41) is 21.7. The van der Waals surface area contributed by atoms with E-state index in [9.17, 15) is 5.11 Å². The van der Waals surface area contributed by atoms with Crippen molar-refractivity contribution in [2.24, 2.45) is 0 Å². The minimum absolute atomic E-state index is 0.166. The monoisotopic (exact) mass is 286 g/mol. The lowest BCUT2D eigenvalue weighted by molar-refractivity contribution is 0.105. The highest BCUT2D eigenvalue weighted by molar-refractivity contribution is 5.36. The second-order valence-electron chi connectivity index (χ2n) is 4.75. The molecule has 1 unspecified atom stereocenters. The Morgan fingerprint density at radius 3 is 2.95 bits per heavy atom. The summed E-state index contributed by atoms with van der Waals surface area (Å²) in [5.41, 5.74) is 0.535. The number of hydrogen-bond acceptors (Lipinski definition) is 5. The van der Waals surface area contributed by atoms with Crippen LogP contribution in [0, 0.1) is 18.3 Å². The molecule has 0 saturated heterocycles. The number of aryl methyl sites for hydroxylation is 1. The van der Waals surface area contributed by atoms with Crippen molar-refractivity contribution < 1.29 is 14.3 Å². The van der Waals surface area contributed by atoms with Crippen LogP contribution in [0.5, 0.6) is 5.75 Å². The van der Waals surface area contributed by atoms with Gasteiger partial charge in [0, 0.05) is 6.54 Å². The molecule has 110 valence electrons. The van der Waals surface area contributed by atoms with Crippen molar-refractivity contribution in [1.82, 2.24) is 5.32 Å². The van der Waals surface area contributed by atoms with E-state index in [1.807, 2.05) is 25.1 Å². The highest BCUT2D eigenvalue weighted by Gasteiger charge is 2.06. The Morgan fingerprint density at radius 2 is 2.24 bits per heavy atom. The lowest BCUT2D eigenvalue weighted by Crippen LogP contribution is -2.31. The van der Waals surface area contributed by atoms with E-state index in [0.717, 1.165) is 11.5 Å². The molecule has 0 bridgehead atoms. The lowest BCUT2D eigenvalue weighted by Gasteiger charge is -2.13. The Morgan fingerprint density at radius 1 is 1.38 bits per heavy atom. The Bertz CT molecular complexity index is 616. The largest absolute Gasteiger partial charge is 0.491 e. The first kappa shape index (κ1) is 15.1. The fourth-order valence-corrected chi connectivity index (χ4v) is 1.85. The van der Waals surface area contributed by atoms with Crippen molar-refractivity contribution in [2.45, 2.75) is 19.6 Å². The van der Waals surface area contributed by atoms with E-state index < -0.39 is 6.10 Å². The van der Waals surface area contributed by atoms with Crippen LogP contribution in [0.25, 0.3) is 0 Å². The van der Waals surface area contributed by atoms with Gasteiger partial charge in [-0.3, -0.25) is 0 Å². The highest BCUT2D eigenvalue weighted by atomic mass is 16.5. The SMILES string of the molecule is Cc1ccc(CNCC(O)COc2cccc(C#N)c2)o1. The van der Waals surface area contributed by atoms with Gasteiger partial charge in [-0.2, -0.15) is 5.26 Å². The van der Waals surface area contributed by atoms with Crippen LogP contribution in [-0.4, -0.2) is 24.4 Å². The molecule has 5 heteroatoms. The van der Waals surface area contributed by atoms with Gasteiger partial charge in [-0.15, -0.1) is 0 Å². The first-order valence-electron chi connectivity index (χ1n) is 6.74. The maximum absolute atomic E-state index is 9.84. The van der Waals surface area contributed by atoms with Crippen molar-refractivity contribution in [3.63, 3.8) is 0 Å². The molecule has 0 radical (unpaired) electrons. The molecule has 0 aliphatic carbocycles. The third kappa shape index (κ3) is 4.95. The normalized spacial score (nSPS) is 11.9. The van der Waals surface area contributed by atoms with Crippen LogP contribution < -0.4 is 10.1 Å². The van der Waals surface area contributed by atoms with Gasteiger partial charge in [-0.25, -0.2) is 0 Å². The van der Waals surface area contributed by atoms with Crippen molar-refractivity contribution >= 4 is 0 Å². The molecule has 2 aromatic rings. The fraction of sp³-hybridized carbons (Fsp3) is 0.312. The fourth-order valence-electron chi connectivity index (χ4n) is 1.85. The average Bonchev–Trinajstić information content (AvgIpc) is 2.91. The molecule has 0 fully saturated rings. The Hall–Kier alpha value is -2.29. The Labute approximate surface area is 123 Å². The van der Waals surface area contributed by atoms with Gasteiger partial charge in [-0.1, -0.05) is 6.07 Å². The van der Waals surface area contributed by atoms with E-state index >= 15 is 0 Å². The van der Waals surface area contributed by atoms with Crippen molar-refractivity contribution in [3.05, 3.63) is 53.5 Å². The van der Waals surface area contributed by atoms with Gasteiger partial charge in [0.2, 0.25) is 0 Å². The summed E-state index contributed by atoms with van der Waals surface area (Å²) < 4.78 is 10.9. The quantitative estimate of drug-likeness (QED) is 0.814. The van der Waals surface area contributed by atoms with Gasteiger partial charge in [0.15, 0.2) is 0 Å². The van der Waals surface area contributed by atoms with E-state index in [1.165, 1.54) is 0 Å². The predicted octanol–water partition coefficient (Wildman–Crippen LogP) is 1.99. The van der Waals surface area contributed by atoms with Crippen LogP contribution in [0.2, 0.25) is 0 Å². The van der Waals surface area contributed by atoms with Gasteiger partial charge >= 0.3 is 0 Å². The summed E-state index contributed by atoms with van der Waals surface area (Å²) in [6.07, 6.45) is -0.633. The molecule has 0 spiro atoms. The zero-order valence-electron chi connectivity index (χ0n) is 11.9. The number of hydrogen-bond donors (Lipinski definition) is 2. The second-order valence-corrected chi connectivity index (χ2v) is 4.75. The van der Waals surface area contributed by atoms with Crippen LogP contribution in [-0.2, 0) is 6.54 Å². The first-order chi connectivity index (χ1) is 10.2. The van der Waals surface area contributed by atoms with Crippen molar-refractivity contribution in [3.8, 4) is 11.8 Å². The van der Waals surface area contributed by atoms with E-state index in [4.69, 9.17) is 14.4 Å². The summed E-state index contributed by atoms with van der Waals surface area (Å²) in [6, 6.07) is 12.7. The van der Waals surface area contributed by atoms with Crippen LogP contribution >= 0.6 is 0 Å². The molecule has 21 heavy (non-hydrogen) atoms. The Kier molecular flexibility index (Phi) is 5.38. The molecule has 0 aliphatic heterocycles. The minimum Gasteiger partial charge on any atom is -0.491 e. The lowest BCUT2D eigenvalue weighted by atomic mass is 10.2. The number of rotatable bonds is 7. The van der Waals surface area contributed by atoms with Crippen molar-refractivity contribution in [1.29, 1.82) is 5.26 Å². The van der Waals surface area contributed by atoms with E-state index in [1.54, 1.807) is 24.3 Å². The Balaban J connectivity index is 1.69. The van der Waals surface area contributed by atoms with Crippen LogP contribution in [0.15, 0.2) is 40.8 Å². The summed E-state index contributed by atoms with van der Waals surface area (Å²) >= 11 is 0. The maximum atomic E-state index is 9.84. The number of nitrogens with zero attached hydrogens (tertiary/aromatic N) is 1. The molecule has 0 amide bonds. The second kappa shape index (κ2) is 7.48. The minimum atomic E-state index is -0.633. The summed E-state index contributed by atoms with van der Waals surface area (Å²) in [7, 11) is 0. The zero-order chi connectivity index (χ0) is 15.1. The van der Waals surface area contributed by atoms with Crippen LogP contribution in [0.3, 0.4) is 0 Å². The smallest absolute Gasteiger partial charge is 0.120 e. The molecule has 1 aromatic carbocycles. The molecule has 2 N–H and O–H groups in total. The number of furan rings is 1. The molecule has 0 saturated carbocycles. The van der Waals surface area contributed by atoms with E-state index in [2.05, 4.69) is 5.32 Å². The molecule has 1 aromatic heterocycles. The van der Waals surface area contributed by atoms with E-state index in [0.29, 0.717) is 24.4 Å². The molecule has 1 atom stereocenters. The number of aliphatic hydroxyl groups is 1. The molecule has 0 aliphatic rings. The van der Waals surface area contributed by atoms with Gasteiger partial charge < -0.3 is 19.6 Å². The number of nitrogens with one attached hydrogen (secondary N) is 1. The third-order valence-corrected chi connectivity index (χ3v) is 2.88. The van der Waals surface area contributed by atoms with Crippen molar-refractivity contribution in [2.75, 3.05) is 13.2 Å². The highest BCUT2D eigenvalue weighted by Crippen LogP contribution is 2.12. The molecule has 1 heterocycles. The topological polar surface area (TPSA) is 78.4 Å². The van der Waals surface area contributed by atoms with Crippen LogP contribution in [0.1, 0.15) is 17.1 Å². The number of aliphatic hydroxyl groups excluding tert-OH is 1. The summed E-state index contributed by atoms with van der Waals surface area (Å²) in [6.45, 7) is 3.02. The number of ether oxygens (including phenoxy) is 1. The molecular weight excluding hydrogens is 268 g/mol. The van der Waals surface area contributed by atoms with Crippen LogP contribution in [0.4, 0.5) is 0 Å². The molecular formula is C16H18N2O3. The molecule has 5 nitrogen and oxygen atoms in total. The first-order valence-corrected chi connectivity index (χ1v) is 6.74. The maximum Gasteiger partial charge on any atom is 0.120 e. The predicted molar refractivity (Wildman–Crippen MR) is 77.8 cm³/mol.